The van der Waals surface area contributed by atoms with E-state index in [0.717, 1.165) is 17.7 Å². The average Bonchev–Trinajstić information content (AvgIpc) is 2.68. The maximum Gasteiger partial charge on any atom is 0.416 e. The molecule has 4 nitrogen and oxygen atoms in total. The summed E-state index contributed by atoms with van der Waals surface area (Å²) in [7, 11) is 7.10. The third-order valence-corrected chi connectivity index (χ3v) is 6.71. The molecule has 1 heterocycles. The molecule has 2 aromatic carbocycles. The van der Waals surface area contributed by atoms with Gasteiger partial charge in [0.25, 0.3) is 5.91 Å². The molecule has 0 aliphatic carbocycles. The molecule has 0 fully saturated rings. The van der Waals surface area contributed by atoms with Crippen LogP contribution in [0.1, 0.15) is 27.9 Å². The lowest BCUT2D eigenvalue weighted by molar-refractivity contribution is -0.137. The van der Waals surface area contributed by atoms with Gasteiger partial charge in [0.2, 0.25) is 0 Å². The van der Waals surface area contributed by atoms with Crippen LogP contribution in [-0.2, 0) is 11.0 Å². The fourth-order valence-electron chi connectivity index (χ4n) is 3.41. The molecule has 1 aliphatic heterocycles. The topological polar surface area (TPSA) is 32.8 Å². The highest BCUT2D eigenvalue weighted by Gasteiger charge is 2.46. The molecule has 0 aromatic heterocycles. The van der Waals surface area contributed by atoms with Crippen LogP contribution < -0.4 is 4.74 Å². The van der Waals surface area contributed by atoms with Crippen molar-refractivity contribution in [2.75, 3.05) is 34.8 Å². The van der Waals surface area contributed by atoms with Crippen molar-refractivity contribution in [2.45, 2.75) is 22.4 Å². The van der Waals surface area contributed by atoms with E-state index in [-0.39, 0.29) is 5.56 Å². The van der Waals surface area contributed by atoms with E-state index < -0.39 is 22.5 Å². The number of thioether (sulfide) groups is 1. The predicted octanol–water partition coefficient (Wildman–Crippen LogP) is 4.70. The normalized spacial score (nSPS) is 19.4. The third-order valence-electron chi connectivity index (χ3n) is 5.08. The van der Waals surface area contributed by atoms with Crippen molar-refractivity contribution in [2.24, 2.45) is 0 Å². The van der Waals surface area contributed by atoms with Gasteiger partial charge in [0.15, 0.2) is 0 Å². The monoisotopic (exact) mass is 424 g/mol. The van der Waals surface area contributed by atoms with Crippen LogP contribution in [-0.4, -0.2) is 50.5 Å². The number of nitrogens with zero attached hydrogens (tertiary/aromatic N) is 2. The molecule has 0 bridgehead atoms. The van der Waals surface area contributed by atoms with Crippen molar-refractivity contribution in [1.29, 1.82) is 0 Å². The number of methoxy groups -OCH3 is 1. The SMILES string of the molecule is COc1cccc(C2(CCN(C)C)Sc3ccc(C(F)(F)F)cc3C(=O)N2C)c1. The molecule has 1 amide bonds. The van der Waals surface area contributed by atoms with Crippen LogP contribution in [0.25, 0.3) is 0 Å². The lowest BCUT2D eigenvalue weighted by Crippen LogP contribution is -2.49. The Kier molecular flexibility index (Phi) is 5.87. The molecule has 1 aliphatic rings. The van der Waals surface area contributed by atoms with Crippen molar-refractivity contribution in [3.05, 3.63) is 59.2 Å². The summed E-state index contributed by atoms with van der Waals surface area (Å²) >= 11 is 1.41. The van der Waals surface area contributed by atoms with Gasteiger partial charge in [-0.05, 0) is 56.4 Å². The fraction of sp³-hybridized carbons (Fsp3) is 0.381. The average molecular weight is 424 g/mol. The number of fused-ring (bicyclic) bond motifs is 1. The largest absolute Gasteiger partial charge is 0.497 e. The Hall–Kier alpha value is -2.19. The van der Waals surface area contributed by atoms with E-state index in [4.69, 9.17) is 4.74 Å². The van der Waals surface area contributed by atoms with Crippen LogP contribution in [0.15, 0.2) is 47.4 Å². The van der Waals surface area contributed by atoms with Gasteiger partial charge in [0.1, 0.15) is 10.6 Å². The third kappa shape index (κ3) is 4.09. The minimum Gasteiger partial charge on any atom is -0.497 e. The summed E-state index contributed by atoms with van der Waals surface area (Å²) in [6.45, 7) is 0.692. The lowest BCUT2D eigenvalue weighted by atomic mass is 9.98. The number of halogens is 3. The molecule has 1 unspecified atom stereocenters. The zero-order valence-corrected chi connectivity index (χ0v) is 17.5. The van der Waals surface area contributed by atoms with E-state index >= 15 is 0 Å². The zero-order chi connectivity index (χ0) is 21.4. The second kappa shape index (κ2) is 7.91. The standard InChI is InChI=1S/C21H23F3N2O2S/c1-25(2)11-10-20(14-6-5-7-16(12-14)28-4)26(3)19(27)17-13-15(21(22,23)24)8-9-18(17)29-20/h5-9,12-13H,10-11H2,1-4H3. The number of carbonyl (C=O) groups is 1. The number of ether oxygens (including phenoxy) is 1. The van der Waals surface area contributed by atoms with E-state index in [9.17, 15) is 18.0 Å². The molecule has 1 atom stereocenters. The van der Waals surface area contributed by atoms with Crippen LogP contribution in [0.4, 0.5) is 13.2 Å². The first-order valence-corrected chi connectivity index (χ1v) is 9.88. The second-order valence-corrected chi connectivity index (χ2v) is 8.56. The Bertz CT molecular complexity index is 917. The van der Waals surface area contributed by atoms with Gasteiger partial charge in [-0.25, -0.2) is 0 Å². The zero-order valence-electron chi connectivity index (χ0n) is 16.7. The quantitative estimate of drug-likeness (QED) is 0.697. The summed E-state index contributed by atoms with van der Waals surface area (Å²) in [6.07, 6.45) is -3.90. The molecule has 156 valence electrons. The Morgan fingerprint density at radius 3 is 2.52 bits per heavy atom. The van der Waals surface area contributed by atoms with E-state index in [0.29, 0.717) is 23.6 Å². The second-order valence-electron chi connectivity index (χ2n) is 7.24. The predicted molar refractivity (Wildman–Crippen MR) is 107 cm³/mol. The van der Waals surface area contributed by atoms with Gasteiger partial charge >= 0.3 is 6.18 Å². The Morgan fingerprint density at radius 2 is 1.90 bits per heavy atom. The van der Waals surface area contributed by atoms with Crippen LogP contribution in [0, 0.1) is 0 Å². The molecule has 8 heteroatoms. The number of amides is 1. The lowest BCUT2D eigenvalue weighted by Gasteiger charge is -2.46. The molecular weight excluding hydrogens is 401 g/mol. The Morgan fingerprint density at radius 1 is 1.17 bits per heavy atom. The van der Waals surface area contributed by atoms with Gasteiger partial charge in [-0.3, -0.25) is 4.79 Å². The van der Waals surface area contributed by atoms with Crippen molar-refractivity contribution in [1.82, 2.24) is 9.80 Å². The van der Waals surface area contributed by atoms with Crippen molar-refractivity contribution >= 4 is 17.7 Å². The molecular formula is C21H23F3N2O2S. The smallest absolute Gasteiger partial charge is 0.416 e. The number of hydrogen-bond acceptors (Lipinski definition) is 4. The Balaban J connectivity index is 2.13. The van der Waals surface area contributed by atoms with Gasteiger partial charge < -0.3 is 14.5 Å². The van der Waals surface area contributed by atoms with Gasteiger partial charge in [0.05, 0.1) is 18.2 Å². The number of rotatable bonds is 5. The molecule has 0 spiro atoms. The highest BCUT2D eigenvalue weighted by atomic mass is 32.2. The van der Waals surface area contributed by atoms with Gasteiger partial charge in [0, 0.05) is 18.5 Å². The summed E-state index contributed by atoms with van der Waals surface area (Å²) in [5, 5.41) is 0. The molecule has 0 N–H and O–H groups in total. The molecule has 0 saturated carbocycles. The Labute approximate surface area is 172 Å². The summed E-state index contributed by atoms with van der Waals surface area (Å²) in [4.78, 5) is 16.5. The molecule has 29 heavy (non-hydrogen) atoms. The molecule has 0 saturated heterocycles. The van der Waals surface area contributed by atoms with E-state index in [1.54, 1.807) is 19.1 Å². The maximum absolute atomic E-state index is 13.2. The van der Waals surface area contributed by atoms with Crippen molar-refractivity contribution in [3.63, 3.8) is 0 Å². The number of carbonyl (C=O) groups excluding carboxylic acids is 1. The summed E-state index contributed by atoms with van der Waals surface area (Å²) in [5.41, 5.74) is 0.126. The highest BCUT2D eigenvalue weighted by Crippen LogP contribution is 2.52. The summed E-state index contributed by atoms with van der Waals surface area (Å²) < 4.78 is 44.8. The van der Waals surface area contributed by atoms with Crippen molar-refractivity contribution in [3.8, 4) is 5.75 Å². The minimum absolute atomic E-state index is 0.0794. The van der Waals surface area contributed by atoms with Gasteiger partial charge in [-0.2, -0.15) is 13.2 Å². The van der Waals surface area contributed by atoms with Gasteiger partial charge in [-0.15, -0.1) is 0 Å². The van der Waals surface area contributed by atoms with Crippen LogP contribution in [0.2, 0.25) is 0 Å². The van der Waals surface area contributed by atoms with E-state index in [2.05, 4.69) is 0 Å². The first-order chi connectivity index (χ1) is 13.6. The molecule has 0 radical (unpaired) electrons. The number of alkyl halides is 3. The first kappa shape index (κ1) is 21.5. The van der Waals surface area contributed by atoms with E-state index in [1.807, 2.05) is 43.3 Å². The summed E-state index contributed by atoms with van der Waals surface area (Å²) in [5.74, 6) is 0.234. The molecule has 3 rings (SSSR count). The number of hydrogen-bond donors (Lipinski definition) is 0. The minimum atomic E-state index is -4.50. The van der Waals surface area contributed by atoms with Gasteiger partial charge in [-0.1, -0.05) is 23.9 Å². The van der Waals surface area contributed by atoms with E-state index in [1.165, 1.54) is 17.8 Å². The van der Waals surface area contributed by atoms with Crippen LogP contribution in [0.3, 0.4) is 0 Å². The molecule has 2 aromatic rings. The number of benzene rings is 2. The first-order valence-electron chi connectivity index (χ1n) is 9.06. The summed E-state index contributed by atoms with van der Waals surface area (Å²) in [6, 6.07) is 10.9. The highest BCUT2D eigenvalue weighted by molar-refractivity contribution is 8.00. The van der Waals surface area contributed by atoms with Crippen molar-refractivity contribution < 1.29 is 22.7 Å². The fourth-order valence-corrected chi connectivity index (χ4v) is 4.83. The van der Waals surface area contributed by atoms with Crippen LogP contribution in [0.5, 0.6) is 5.75 Å². The maximum atomic E-state index is 13.2. The van der Waals surface area contributed by atoms with Crippen LogP contribution >= 0.6 is 11.8 Å².